The van der Waals surface area contributed by atoms with Crippen LogP contribution >= 0.6 is 23.8 Å². The van der Waals surface area contributed by atoms with Crippen LogP contribution < -0.4 is 14.8 Å². The third kappa shape index (κ3) is 5.43. The molecule has 0 saturated heterocycles. The van der Waals surface area contributed by atoms with E-state index in [2.05, 4.69) is 22.3 Å². The van der Waals surface area contributed by atoms with Gasteiger partial charge in [0.25, 0.3) is 0 Å². The maximum Gasteiger partial charge on any atom is 0.174 e. The lowest BCUT2D eigenvalue weighted by Crippen LogP contribution is -2.34. The Morgan fingerprint density at radius 2 is 1.73 bits per heavy atom. The maximum atomic E-state index is 6.41. The van der Waals surface area contributed by atoms with Crippen molar-refractivity contribution in [1.82, 2.24) is 4.90 Å². The van der Waals surface area contributed by atoms with E-state index in [1.54, 1.807) is 14.2 Å². The number of hydrogen-bond acceptors (Lipinski definition) is 3. The van der Waals surface area contributed by atoms with Gasteiger partial charge in [0, 0.05) is 18.7 Å². The molecule has 0 aliphatic heterocycles. The molecule has 0 aromatic heterocycles. The van der Waals surface area contributed by atoms with Gasteiger partial charge in [0.05, 0.1) is 24.9 Å². The largest absolute Gasteiger partial charge is 0.493 e. The Balaban J connectivity index is 1.89. The first-order valence-corrected chi connectivity index (χ1v) is 10.4. The highest BCUT2D eigenvalue weighted by atomic mass is 35.5. The second-order valence-corrected chi connectivity index (χ2v) is 7.70. The molecule has 0 heterocycles. The van der Waals surface area contributed by atoms with Crippen LogP contribution in [0.2, 0.25) is 5.02 Å². The lowest BCUT2D eigenvalue weighted by molar-refractivity contribution is 0.341. The molecule has 0 atom stereocenters. The van der Waals surface area contributed by atoms with Crippen molar-refractivity contribution in [1.29, 1.82) is 0 Å². The number of thiocarbonyl (C=S) groups is 1. The van der Waals surface area contributed by atoms with Gasteiger partial charge in [0.15, 0.2) is 16.6 Å². The number of benzene rings is 3. The van der Waals surface area contributed by atoms with Gasteiger partial charge >= 0.3 is 0 Å². The fraction of sp³-hybridized carbons (Fsp3) is 0.208. The van der Waals surface area contributed by atoms with Gasteiger partial charge in [0.1, 0.15) is 0 Å². The molecule has 0 aliphatic rings. The van der Waals surface area contributed by atoms with E-state index >= 15 is 0 Å². The predicted octanol–water partition coefficient (Wildman–Crippen LogP) is 6.06. The summed E-state index contributed by atoms with van der Waals surface area (Å²) in [6, 6.07) is 21.9. The van der Waals surface area contributed by atoms with E-state index in [1.807, 2.05) is 61.5 Å². The van der Waals surface area contributed by atoms with E-state index in [1.165, 1.54) is 0 Å². The van der Waals surface area contributed by atoms with Crippen molar-refractivity contribution >= 4 is 34.6 Å². The quantitative estimate of drug-likeness (QED) is 0.451. The number of methoxy groups -OCH3 is 2. The van der Waals surface area contributed by atoms with Crippen LogP contribution in [-0.2, 0) is 13.1 Å². The molecule has 4 nitrogen and oxygen atoms in total. The summed E-state index contributed by atoms with van der Waals surface area (Å²) in [7, 11) is 3.28. The van der Waals surface area contributed by atoms with Crippen molar-refractivity contribution in [2.75, 3.05) is 19.5 Å². The summed E-state index contributed by atoms with van der Waals surface area (Å²) in [6.07, 6.45) is 0. The molecule has 3 rings (SSSR count). The van der Waals surface area contributed by atoms with Crippen LogP contribution in [0.15, 0.2) is 66.7 Å². The molecular formula is C24H25ClN2O2S. The molecule has 3 aromatic rings. The average Bonchev–Trinajstić information content (AvgIpc) is 2.75. The lowest BCUT2D eigenvalue weighted by atomic mass is 10.1. The molecule has 0 spiro atoms. The standard InChI is InChI=1S/C24H25ClN2O2S/c1-17-12-13-21(20(25)14-17)26-24(30)27(15-18-8-5-4-6-9-18)16-19-10-7-11-22(28-2)23(19)29-3/h4-14H,15-16H2,1-3H3,(H,26,30). The fourth-order valence-corrected chi connectivity index (χ4v) is 3.72. The van der Waals surface area contributed by atoms with E-state index in [0.717, 1.165) is 22.4 Å². The van der Waals surface area contributed by atoms with Gasteiger partial charge in [-0.3, -0.25) is 0 Å². The van der Waals surface area contributed by atoms with Gasteiger partial charge in [-0.1, -0.05) is 60.1 Å². The molecule has 0 fully saturated rings. The summed E-state index contributed by atoms with van der Waals surface area (Å²) in [4.78, 5) is 2.08. The van der Waals surface area contributed by atoms with Crippen molar-refractivity contribution in [3.8, 4) is 11.5 Å². The average molecular weight is 441 g/mol. The number of ether oxygens (including phenoxy) is 2. The molecule has 6 heteroatoms. The highest BCUT2D eigenvalue weighted by Crippen LogP contribution is 2.32. The number of nitrogens with zero attached hydrogens (tertiary/aromatic N) is 1. The van der Waals surface area contributed by atoms with Gasteiger partial charge in [-0.15, -0.1) is 0 Å². The Morgan fingerprint density at radius 1 is 0.967 bits per heavy atom. The van der Waals surface area contributed by atoms with Gasteiger partial charge in [-0.05, 0) is 48.5 Å². The first kappa shape index (κ1) is 21.9. The third-order valence-corrected chi connectivity index (χ3v) is 5.39. The highest BCUT2D eigenvalue weighted by molar-refractivity contribution is 7.80. The maximum absolute atomic E-state index is 6.41. The minimum atomic E-state index is 0.546. The van der Waals surface area contributed by atoms with E-state index in [-0.39, 0.29) is 0 Å². The number of halogens is 1. The predicted molar refractivity (Wildman–Crippen MR) is 128 cm³/mol. The Hall–Kier alpha value is -2.76. The van der Waals surface area contributed by atoms with Crippen LogP contribution in [0.3, 0.4) is 0 Å². The normalized spacial score (nSPS) is 10.4. The molecular weight excluding hydrogens is 416 g/mol. The Kier molecular flexibility index (Phi) is 7.55. The zero-order valence-corrected chi connectivity index (χ0v) is 18.9. The molecule has 1 N–H and O–H groups in total. The van der Waals surface area contributed by atoms with Crippen LogP contribution in [0.5, 0.6) is 11.5 Å². The van der Waals surface area contributed by atoms with E-state index < -0.39 is 0 Å². The zero-order chi connectivity index (χ0) is 21.5. The monoisotopic (exact) mass is 440 g/mol. The van der Waals surface area contributed by atoms with Crippen molar-refractivity contribution in [3.05, 3.63) is 88.4 Å². The first-order valence-electron chi connectivity index (χ1n) is 9.57. The molecule has 0 radical (unpaired) electrons. The Labute approximate surface area is 188 Å². The summed E-state index contributed by atoms with van der Waals surface area (Å²) in [6.45, 7) is 3.19. The Bertz CT molecular complexity index is 1010. The topological polar surface area (TPSA) is 33.7 Å². The van der Waals surface area contributed by atoms with E-state index in [0.29, 0.717) is 34.7 Å². The minimum absolute atomic E-state index is 0.546. The summed E-state index contributed by atoms with van der Waals surface area (Å²) in [5, 5.41) is 4.51. The summed E-state index contributed by atoms with van der Waals surface area (Å²) < 4.78 is 11.1. The number of aryl methyl sites for hydroxylation is 1. The highest BCUT2D eigenvalue weighted by Gasteiger charge is 2.17. The lowest BCUT2D eigenvalue weighted by Gasteiger charge is -2.27. The van der Waals surface area contributed by atoms with Crippen LogP contribution in [0.1, 0.15) is 16.7 Å². The zero-order valence-electron chi connectivity index (χ0n) is 17.3. The fourth-order valence-electron chi connectivity index (χ4n) is 3.20. The van der Waals surface area contributed by atoms with Gasteiger partial charge in [-0.25, -0.2) is 0 Å². The number of rotatable bonds is 7. The molecule has 156 valence electrons. The second-order valence-electron chi connectivity index (χ2n) is 6.91. The third-order valence-electron chi connectivity index (χ3n) is 4.72. The molecule has 0 amide bonds. The molecule has 0 aliphatic carbocycles. The van der Waals surface area contributed by atoms with Gasteiger partial charge in [0.2, 0.25) is 0 Å². The summed E-state index contributed by atoms with van der Waals surface area (Å²) >= 11 is 12.2. The molecule has 3 aromatic carbocycles. The number of hydrogen-bond donors (Lipinski definition) is 1. The van der Waals surface area contributed by atoms with E-state index in [4.69, 9.17) is 33.3 Å². The second kappa shape index (κ2) is 10.3. The van der Waals surface area contributed by atoms with Crippen molar-refractivity contribution < 1.29 is 9.47 Å². The van der Waals surface area contributed by atoms with Gasteiger partial charge < -0.3 is 19.7 Å². The summed E-state index contributed by atoms with van der Waals surface area (Å²) in [5.41, 5.74) is 4.01. The van der Waals surface area contributed by atoms with Crippen LogP contribution in [-0.4, -0.2) is 24.2 Å². The van der Waals surface area contributed by atoms with Crippen molar-refractivity contribution in [2.24, 2.45) is 0 Å². The molecule has 0 unspecified atom stereocenters. The Morgan fingerprint density at radius 3 is 2.40 bits per heavy atom. The van der Waals surface area contributed by atoms with Crippen LogP contribution in [0, 0.1) is 6.92 Å². The van der Waals surface area contributed by atoms with Crippen molar-refractivity contribution in [2.45, 2.75) is 20.0 Å². The molecule has 0 saturated carbocycles. The van der Waals surface area contributed by atoms with E-state index in [9.17, 15) is 0 Å². The minimum Gasteiger partial charge on any atom is -0.493 e. The molecule has 30 heavy (non-hydrogen) atoms. The first-order chi connectivity index (χ1) is 14.5. The number of para-hydroxylation sites is 1. The smallest absolute Gasteiger partial charge is 0.174 e. The van der Waals surface area contributed by atoms with Crippen molar-refractivity contribution in [3.63, 3.8) is 0 Å². The summed E-state index contributed by atoms with van der Waals surface area (Å²) in [5.74, 6) is 1.39. The van der Waals surface area contributed by atoms with Crippen LogP contribution in [0.4, 0.5) is 5.69 Å². The number of nitrogens with one attached hydrogen (secondary N) is 1. The van der Waals surface area contributed by atoms with Crippen LogP contribution in [0.25, 0.3) is 0 Å². The number of anilines is 1. The molecule has 0 bridgehead atoms. The SMILES string of the molecule is COc1cccc(CN(Cc2ccccc2)C(=S)Nc2ccc(C)cc2Cl)c1OC. The van der Waals surface area contributed by atoms with Gasteiger partial charge in [-0.2, -0.15) is 0 Å².